The quantitative estimate of drug-likeness (QED) is 0.0267. The molecule has 2 aliphatic heterocycles. The number of carbonyl (C=O) groups excluding carboxylic acids is 3. The minimum absolute atomic E-state index is 0. The summed E-state index contributed by atoms with van der Waals surface area (Å²) in [6, 6.07) is 0. The molecule has 0 aromatic carbocycles. The first-order valence-electron chi connectivity index (χ1n) is 16.3. The molecule has 0 saturated carbocycles. The van der Waals surface area contributed by atoms with Crippen molar-refractivity contribution in [3.05, 3.63) is 30.2 Å². The van der Waals surface area contributed by atoms with E-state index in [1.165, 1.54) is 38.0 Å². The van der Waals surface area contributed by atoms with Crippen molar-refractivity contribution in [3.63, 3.8) is 0 Å². The summed E-state index contributed by atoms with van der Waals surface area (Å²) in [5, 5.41) is 35.2. The molecule has 2 saturated heterocycles. The van der Waals surface area contributed by atoms with E-state index in [2.05, 4.69) is 47.0 Å². The van der Waals surface area contributed by atoms with Crippen LogP contribution in [0.25, 0.3) is 22.3 Å². The van der Waals surface area contributed by atoms with E-state index >= 15 is 0 Å². The van der Waals surface area contributed by atoms with E-state index in [4.69, 9.17) is 41.7 Å². The Morgan fingerprint density at radius 3 is 1.84 bits per heavy atom. The topological polar surface area (TPSA) is 269 Å². The van der Waals surface area contributed by atoms with Gasteiger partial charge in [-0.2, -0.15) is 0 Å². The zero-order valence-corrected chi connectivity index (χ0v) is 35.6. The molecule has 4 aromatic rings. The molecule has 8 atom stereocenters. The standard InChI is InChI=1S/C17H20ClN5O7.C13H19N5O4.C2H.Na.V/c1-7(24)27-5-10-12(28-8(2)25)13(29-9(3)26)16(30-10)23-15-11(22-17(23)18)14(19-4)20-6-21-15;1-3-7-17-8-11(14-2)15-5-16-12(8)18(7)13-10(21)9(20)6(4-19)22-13;1-2;;/h6,10,12-13,16H,5H2,1-4H3,(H,19,20,21);5-6,9-10,13,19-21H,3-4H2,1-2H3,(H,14,15,16);1H;;/q;;-1;+1;. The van der Waals surface area contributed by atoms with Crippen LogP contribution in [-0.2, 0) is 63.0 Å². The molecule has 1 radical (unpaired) electrons. The number of aryl methyl sites for hydroxylation is 1. The number of aliphatic hydroxyl groups excluding tert-OH is 3. The summed E-state index contributed by atoms with van der Waals surface area (Å²) in [6.45, 7) is 4.95. The van der Waals surface area contributed by atoms with Crippen LogP contribution < -0.4 is 40.2 Å². The van der Waals surface area contributed by atoms with Crippen molar-refractivity contribution in [1.82, 2.24) is 39.0 Å². The number of hydrogen-bond acceptors (Lipinski definition) is 19. The molecular weight excluding hydrogens is 810 g/mol. The summed E-state index contributed by atoms with van der Waals surface area (Å²) >= 11 is 6.35. The number of ether oxygens (including phenoxy) is 5. The Bertz CT molecular complexity index is 1990. The molecule has 4 aromatic heterocycles. The monoisotopic (exact) mass is 849 g/mol. The molecule has 8 unspecified atom stereocenters. The molecule has 5 N–H and O–H groups in total. The minimum Gasteiger partial charge on any atom is -0.697 e. The molecule has 0 amide bonds. The number of hydrogen-bond donors (Lipinski definition) is 5. The van der Waals surface area contributed by atoms with Gasteiger partial charge in [0.15, 0.2) is 58.6 Å². The number of fused-ring (bicyclic) bond motifs is 2. The van der Waals surface area contributed by atoms with Crippen LogP contribution in [0, 0.1) is 12.8 Å². The van der Waals surface area contributed by atoms with Crippen LogP contribution in [0.4, 0.5) is 11.6 Å². The van der Waals surface area contributed by atoms with Crippen LogP contribution >= 0.6 is 11.6 Å². The zero-order valence-electron chi connectivity index (χ0n) is 31.5. The van der Waals surface area contributed by atoms with Gasteiger partial charge in [0.25, 0.3) is 0 Å². The Morgan fingerprint density at radius 2 is 1.36 bits per heavy atom. The van der Waals surface area contributed by atoms with Gasteiger partial charge in [-0.15, -0.1) is 0 Å². The summed E-state index contributed by atoms with van der Waals surface area (Å²) in [7, 11) is 3.40. The fourth-order valence-electron chi connectivity index (χ4n) is 5.94. The zero-order chi connectivity index (χ0) is 39.9. The van der Waals surface area contributed by atoms with Gasteiger partial charge in [-0.3, -0.25) is 23.5 Å². The minimum atomic E-state index is -1.17. The number of carbonyl (C=O) groups is 3. The maximum Gasteiger partial charge on any atom is 1.00 e. The van der Waals surface area contributed by atoms with Crippen molar-refractivity contribution in [1.29, 1.82) is 0 Å². The first-order valence-corrected chi connectivity index (χ1v) is 16.7. The van der Waals surface area contributed by atoms with Gasteiger partial charge in [0, 0.05) is 59.8 Å². The SMILES string of the molecule is CCc1nc2c(NC)ncnc2n1C1OC(CO)C(O)C1O.CNc1ncnc2c1nc(Cl)n2C1OC(COC(C)=O)C(OC(C)=O)C1OC(C)=O.[C-]#C.[Na+].[V]. The number of aromatic nitrogens is 8. The predicted molar refractivity (Wildman–Crippen MR) is 187 cm³/mol. The maximum absolute atomic E-state index is 11.8. The third-order valence-electron chi connectivity index (χ3n) is 8.14. The van der Waals surface area contributed by atoms with E-state index in [1.807, 2.05) is 6.92 Å². The van der Waals surface area contributed by atoms with E-state index in [0.717, 1.165) is 0 Å². The molecule has 21 nitrogen and oxygen atoms in total. The Labute approximate surface area is 359 Å². The van der Waals surface area contributed by atoms with Crippen LogP contribution in [0.5, 0.6) is 0 Å². The molecule has 6 rings (SSSR count). The third-order valence-corrected chi connectivity index (χ3v) is 8.41. The van der Waals surface area contributed by atoms with Crippen molar-refractivity contribution >= 4 is 63.5 Å². The van der Waals surface area contributed by atoms with Gasteiger partial charge < -0.3 is 62.5 Å². The molecule has 0 bridgehead atoms. The van der Waals surface area contributed by atoms with Gasteiger partial charge in [0.2, 0.25) is 5.28 Å². The summed E-state index contributed by atoms with van der Waals surface area (Å²) < 4.78 is 30.4. The average molecular weight is 850 g/mol. The first kappa shape index (κ1) is 48.5. The van der Waals surface area contributed by atoms with E-state index in [-0.39, 0.29) is 66.6 Å². The van der Waals surface area contributed by atoms with Crippen LogP contribution in [0.3, 0.4) is 0 Å². The van der Waals surface area contributed by atoms with E-state index < -0.39 is 67.0 Å². The van der Waals surface area contributed by atoms with Gasteiger partial charge >= 0.3 is 47.5 Å². The van der Waals surface area contributed by atoms with E-state index in [1.54, 1.807) is 18.7 Å². The van der Waals surface area contributed by atoms with Crippen molar-refractivity contribution in [2.75, 3.05) is 37.9 Å². The number of esters is 3. The van der Waals surface area contributed by atoms with Gasteiger partial charge in [0.1, 0.15) is 49.5 Å². The predicted octanol–water partition coefficient (Wildman–Crippen LogP) is -2.91. The van der Waals surface area contributed by atoms with Gasteiger partial charge in [-0.05, 0) is 11.6 Å². The summed E-state index contributed by atoms with van der Waals surface area (Å²) in [5.41, 5.74) is 1.74. The van der Waals surface area contributed by atoms with Crippen molar-refractivity contribution in [2.45, 2.75) is 83.2 Å². The molecule has 2 aliphatic rings. The summed E-state index contributed by atoms with van der Waals surface area (Å²) in [5.74, 6) is -0.159. The Balaban J connectivity index is 0.000000371. The Morgan fingerprint density at radius 1 is 0.839 bits per heavy atom. The molecule has 0 aliphatic carbocycles. The van der Waals surface area contributed by atoms with Gasteiger partial charge in [-0.1, -0.05) is 6.92 Å². The van der Waals surface area contributed by atoms with E-state index in [9.17, 15) is 29.7 Å². The molecule has 6 heterocycles. The summed E-state index contributed by atoms with van der Waals surface area (Å²) in [4.78, 5) is 60.1. The number of terminal acetylenes is 1. The van der Waals surface area contributed by atoms with Crippen LogP contribution in [-0.4, -0.2) is 136 Å². The Kier molecular flexibility index (Phi) is 18.8. The number of rotatable bonds is 10. The van der Waals surface area contributed by atoms with Crippen molar-refractivity contribution in [2.24, 2.45) is 0 Å². The van der Waals surface area contributed by atoms with Crippen LogP contribution in [0.15, 0.2) is 12.7 Å². The molecule has 297 valence electrons. The molecule has 24 heteroatoms. The number of aliphatic hydroxyl groups is 3. The average Bonchev–Trinajstić information content (AvgIpc) is 3.87. The number of anilines is 2. The molecule has 0 spiro atoms. The van der Waals surface area contributed by atoms with Gasteiger partial charge in [-0.25, -0.2) is 29.9 Å². The summed E-state index contributed by atoms with van der Waals surface area (Å²) in [6.07, 6.45) is 4.11. The van der Waals surface area contributed by atoms with Crippen LogP contribution in [0.2, 0.25) is 5.28 Å². The second-order valence-corrected chi connectivity index (χ2v) is 11.9. The fraction of sp³-hybridized carbons (Fsp3) is 0.531. The van der Waals surface area contributed by atoms with Gasteiger partial charge in [0.05, 0.1) is 6.61 Å². The fourth-order valence-corrected chi connectivity index (χ4v) is 6.20. The van der Waals surface area contributed by atoms with E-state index in [0.29, 0.717) is 46.2 Å². The van der Waals surface area contributed by atoms with Crippen LogP contribution in [0.1, 0.15) is 46.0 Å². The molecule has 2 fully saturated rings. The largest absolute Gasteiger partial charge is 1.00 e. The molecule has 56 heavy (non-hydrogen) atoms. The van der Waals surface area contributed by atoms with Crippen molar-refractivity contribution < 1.29 is 102 Å². The Hall–Kier alpha value is -3.66. The second kappa shape index (κ2) is 21.8. The number of nitrogens with one attached hydrogen (secondary N) is 2. The smallest absolute Gasteiger partial charge is 0.697 e. The third kappa shape index (κ3) is 10.3. The number of nitrogens with zero attached hydrogens (tertiary/aromatic N) is 8. The number of halogens is 1. The van der Waals surface area contributed by atoms with Crippen molar-refractivity contribution in [3.8, 4) is 6.42 Å². The molecular formula is C32H40ClN10NaO11V. The second-order valence-electron chi connectivity index (χ2n) is 11.5. The normalized spacial score (nSPS) is 23.6. The first-order chi connectivity index (χ1) is 25.8. The number of imidazole rings is 2. The maximum atomic E-state index is 11.8.